The molecule has 3 rings (SSSR count). The zero-order valence-electron chi connectivity index (χ0n) is 22.0. The minimum Gasteiger partial charge on any atom is -0.466 e. The molecule has 0 heterocycles. The maximum Gasteiger partial charge on any atom is 0.302 e. The quantitative estimate of drug-likeness (QED) is 0.156. The summed E-state index contributed by atoms with van der Waals surface area (Å²) in [5.74, 6) is -0.321. The molecular formula is C27H42N2O6. The number of carbonyl (C=O) groups excluding carboxylic acids is 2. The van der Waals surface area contributed by atoms with Crippen LogP contribution in [0.25, 0.3) is 0 Å². The average Bonchev–Trinajstić information content (AvgIpc) is 3.06. The minimum absolute atomic E-state index is 0.000160. The number of esters is 2. The van der Waals surface area contributed by atoms with E-state index in [2.05, 4.69) is 37.2 Å². The van der Waals surface area contributed by atoms with Crippen molar-refractivity contribution in [3.05, 3.63) is 11.6 Å². The molecule has 0 aromatic heterocycles. The molecule has 8 heteroatoms. The first-order valence-corrected chi connectivity index (χ1v) is 12.9. The Balaban J connectivity index is 1.80. The molecule has 2 saturated carbocycles. The number of hydrogen-bond donors (Lipinski definition) is 2. The summed E-state index contributed by atoms with van der Waals surface area (Å²) in [5.41, 5.74) is 2.64. The molecule has 0 radical (unpaired) electrons. The van der Waals surface area contributed by atoms with Gasteiger partial charge in [0.15, 0.2) is 0 Å². The first kappa shape index (κ1) is 27.2. The van der Waals surface area contributed by atoms with Crippen molar-refractivity contribution in [3.63, 3.8) is 0 Å². The highest BCUT2D eigenvalue weighted by molar-refractivity contribution is 5.97. The van der Waals surface area contributed by atoms with Gasteiger partial charge in [-0.15, -0.1) is 0 Å². The Morgan fingerprint density at radius 3 is 2.49 bits per heavy atom. The number of nitrogens with zero attached hydrogens (tertiary/aromatic N) is 2. The molecule has 196 valence electrons. The SMILES string of the molecule is CC(=O)OCC(C)CCC(=NO)C(C)C1C(=NO)CC2C=C3CC(OC(C)=O)CCC3(C)CC21C. The molecule has 0 aliphatic heterocycles. The number of fused-ring (bicyclic) bond motifs is 2. The maximum absolute atomic E-state index is 11.5. The van der Waals surface area contributed by atoms with E-state index in [-0.39, 0.29) is 52.5 Å². The van der Waals surface area contributed by atoms with Gasteiger partial charge in [-0.25, -0.2) is 0 Å². The lowest BCUT2D eigenvalue weighted by Gasteiger charge is -2.52. The van der Waals surface area contributed by atoms with Crippen LogP contribution in [0.5, 0.6) is 0 Å². The van der Waals surface area contributed by atoms with E-state index in [1.54, 1.807) is 0 Å². The molecule has 7 unspecified atom stereocenters. The van der Waals surface area contributed by atoms with E-state index in [1.165, 1.54) is 19.4 Å². The fraction of sp³-hybridized carbons (Fsp3) is 0.778. The number of carbonyl (C=O) groups is 2. The minimum atomic E-state index is -0.296. The molecule has 0 saturated heterocycles. The molecular weight excluding hydrogens is 448 g/mol. The van der Waals surface area contributed by atoms with Gasteiger partial charge in [0.1, 0.15) is 6.10 Å². The van der Waals surface area contributed by atoms with E-state index in [0.29, 0.717) is 25.2 Å². The van der Waals surface area contributed by atoms with Crippen LogP contribution in [-0.4, -0.2) is 46.5 Å². The zero-order valence-corrected chi connectivity index (χ0v) is 22.0. The van der Waals surface area contributed by atoms with Crippen LogP contribution < -0.4 is 0 Å². The fourth-order valence-electron chi connectivity index (χ4n) is 7.07. The normalized spacial score (nSPS) is 35.5. The van der Waals surface area contributed by atoms with Gasteiger partial charge in [-0.3, -0.25) is 9.59 Å². The Bertz CT molecular complexity index is 911. The topological polar surface area (TPSA) is 118 Å². The molecule has 0 bridgehead atoms. The van der Waals surface area contributed by atoms with Crippen LogP contribution in [0.15, 0.2) is 22.0 Å². The zero-order chi connectivity index (χ0) is 26.0. The van der Waals surface area contributed by atoms with Gasteiger partial charge in [0.25, 0.3) is 0 Å². The second-order valence-electron chi connectivity index (χ2n) is 11.6. The van der Waals surface area contributed by atoms with Crippen LogP contribution >= 0.6 is 0 Å². The van der Waals surface area contributed by atoms with Crippen LogP contribution in [0, 0.1) is 34.5 Å². The standard InChI is InChI=1S/C27H42N2O6/c1-16(14-34-18(3)30)7-8-23(28-32)17(2)25-24(29-33)13-21-11-20-12-22(35-19(4)31)9-10-26(20,5)15-27(21,25)6/h11,16-17,21-22,25,32-33H,7-10,12-15H2,1-6H3. The van der Waals surface area contributed by atoms with Crippen molar-refractivity contribution in [3.8, 4) is 0 Å². The second-order valence-corrected chi connectivity index (χ2v) is 11.6. The summed E-state index contributed by atoms with van der Waals surface area (Å²) in [4.78, 5) is 22.6. The van der Waals surface area contributed by atoms with Crippen molar-refractivity contribution in [1.82, 2.24) is 0 Å². The summed E-state index contributed by atoms with van der Waals surface area (Å²) < 4.78 is 10.6. The van der Waals surface area contributed by atoms with Crippen LogP contribution in [0.1, 0.15) is 86.5 Å². The van der Waals surface area contributed by atoms with Crippen molar-refractivity contribution in [2.75, 3.05) is 6.61 Å². The number of rotatable bonds is 8. The van der Waals surface area contributed by atoms with Gasteiger partial charge in [-0.05, 0) is 61.2 Å². The summed E-state index contributed by atoms with van der Waals surface area (Å²) in [6.45, 7) is 11.9. The van der Waals surface area contributed by atoms with Gasteiger partial charge < -0.3 is 19.9 Å². The highest BCUT2D eigenvalue weighted by atomic mass is 16.5. The summed E-state index contributed by atoms with van der Waals surface area (Å²) in [5, 5.41) is 27.3. The predicted molar refractivity (Wildman–Crippen MR) is 133 cm³/mol. The Morgan fingerprint density at radius 1 is 1.17 bits per heavy atom. The lowest BCUT2D eigenvalue weighted by molar-refractivity contribution is -0.148. The summed E-state index contributed by atoms with van der Waals surface area (Å²) in [7, 11) is 0. The second kappa shape index (κ2) is 10.7. The van der Waals surface area contributed by atoms with E-state index in [1.807, 2.05) is 6.92 Å². The van der Waals surface area contributed by atoms with Crippen LogP contribution in [0.4, 0.5) is 0 Å². The molecule has 0 spiro atoms. The molecule has 2 N–H and O–H groups in total. The van der Waals surface area contributed by atoms with Crippen molar-refractivity contribution in [1.29, 1.82) is 0 Å². The summed E-state index contributed by atoms with van der Waals surface area (Å²) in [6, 6.07) is 0. The van der Waals surface area contributed by atoms with Gasteiger partial charge in [0.2, 0.25) is 0 Å². The van der Waals surface area contributed by atoms with Crippen molar-refractivity contribution >= 4 is 23.4 Å². The molecule has 8 nitrogen and oxygen atoms in total. The number of allylic oxidation sites excluding steroid dienone is 1. The molecule has 35 heavy (non-hydrogen) atoms. The Morgan fingerprint density at radius 2 is 1.89 bits per heavy atom. The Labute approximate surface area is 208 Å². The van der Waals surface area contributed by atoms with Crippen LogP contribution in [0.2, 0.25) is 0 Å². The first-order valence-electron chi connectivity index (χ1n) is 12.9. The van der Waals surface area contributed by atoms with Gasteiger partial charge in [0.05, 0.1) is 18.0 Å². The molecule has 2 fully saturated rings. The maximum atomic E-state index is 11.5. The highest BCUT2D eigenvalue weighted by Crippen LogP contribution is 2.63. The molecule has 7 atom stereocenters. The Hall–Kier alpha value is -2.38. The highest BCUT2D eigenvalue weighted by Gasteiger charge is 2.58. The summed E-state index contributed by atoms with van der Waals surface area (Å²) >= 11 is 0. The van der Waals surface area contributed by atoms with E-state index < -0.39 is 0 Å². The van der Waals surface area contributed by atoms with Crippen molar-refractivity contribution < 1.29 is 29.5 Å². The third-order valence-corrected chi connectivity index (χ3v) is 8.84. The number of oxime groups is 2. The van der Waals surface area contributed by atoms with Crippen molar-refractivity contribution in [2.24, 2.45) is 44.8 Å². The summed E-state index contributed by atoms with van der Waals surface area (Å²) in [6.07, 6.45) is 7.76. The molecule has 0 aromatic carbocycles. The van der Waals surface area contributed by atoms with Crippen LogP contribution in [0.3, 0.4) is 0 Å². The first-order chi connectivity index (χ1) is 16.4. The number of ether oxygens (including phenoxy) is 2. The Kier molecular flexibility index (Phi) is 8.32. The molecule has 0 aromatic rings. The fourth-order valence-corrected chi connectivity index (χ4v) is 7.07. The van der Waals surface area contributed by atoms with Crippen LogP contribution in [-0.2, 0) is 19.1 Å². The van der Waals surface area contributed by atoms with E-state index in [9.17, 15) is 20.0 Å². The van der Waals surface area contributed by atoms with Gasteiger partial charge >= 0.3 is 11.9 Å². The van der Waals surface area contributed by atoms with Crippen molar-refractivity contribution in [2.45, 2.75) is 92.6 Å². The van der Waals surface area contributed by atoms with Gasteiger partial charge in [-0.2, -0.15) is 0 Å². The van der Waals surface area contributed by atoms with E-state index in [4.69, 9.17) is 9.47 Å². The molecule has 0 amide bonds. The average molecular weight is 491 g/mol. The lowest BCUT2D eigenvalue weighted by Crippen LogP contribution is -2.46. The van der Waals surface area contributed by atoms with E-state index >= 15 is 0 Å². The van der Waals surface area contributed by atoms with Gasteiger partial charge in [0, 0.05) is 32.1 Å². The van der Waals surface area contributed by atoms with Gasteiger partial charge in [-0.1, -0.05) is 49.7 Å². The largest absolute Gasteiger partial charge is 0.466 e. The molecule has 3 aliphatic rings. The third-order valence-electron chi connectivity index (χ3n) is 8.84. The molecule has 3 aliphatic carbocycles. The number of hydrogen-bond acceptors (Lipinski definition) is 8. The smallest absolute Gasteiger partial charge is 0.302 e. The monoisotopic (exact) mass is 490 g/mol. The lowest BCUT2D eigenvalue weighted by atomic mass is 9.53. The third kappa shape index (κ3) is 5.72. The predicted octanol–water partition coefficient (Wildman–Crippen LogP) is 5.36. The van der Waals surface area contributed by atoms with E-state index in [0.717, 1.165) is 37.8 Å².